The third-order valence-corrected chi connectivity index (χ3v) is 5.62. The summed E-state index contributed by atoms with van der Waals surface area (Å²) < 4.78 is 21.6. The molecular formula is C24H25BrN2O3. The van der Waals surface area contributed by atoms with Crippen molar-refractivity contribution in [3.63, 3.8) is 0 Å². The molecule has 1 aliphatic heterocycles. The number of nitrogens with zero attached hydrogens (tertiary/aromatic N) is 2. The lowest BCUT2D eigenvalue weighted by atomic mass is 10.0. The summed E-state index contributed by atoms with van der Waals surface area (Å²) in [6.07, 6.45) is 15.2. The third-order valence-electron chi connectivity index (χ3n) is 5.10. The second kappa shape index (κ2) is 9.63. The van der Waals surface area contributed by atoms with Gasteiger partial charge in [-0.05, 0) is 54.8 Å². The largest absolute Gasteiger partial charge is 0.491 e. The van der Waals surface area contributed by atoms with E-state index in [4.69, 9.17) is 14.2 Å². The first-order valence-electron chi connectivity index (χ1n) is 10.1. The van der Waals surface area contributed by atoms with Gasteiger partial charge < -0.3 is 18.8 Å². The van der Waals surface area contributed by atoms with Gasteiger partial charge in [-0.2, -0.15) is 0 Å². The van der Waals surface area contributed by atoms with Gasteiger partial charge in [0, 0.05) is 23.3 Å². The molecule has 4 rings (SSSR count). The minimum atomic E-state index is -0.707. The molecule has 156 valence electrons. The Labute approximate surface area is 185 Å². The number of hydrogen-bond donors (Lipinski definition) is 0. The van der Waals surface area contributed by atoms with Gasteiger partial charge in [0.05, 0.1) is 19.5 Å². The van der Waals surface area contributed by atoms with Crippen molar-refractivity contribution in [1.82, 2.24) is 9.55 Å². The number of allylic oxidation sites excluding steroid dienone is 5. The Kier molecular flexibility index (Phi) is 6.70. The van der Waals surface area contributed by atoms with Gasteiger partial charge in [0.25, 0.3) is 0 Å². The highest BCUT2D eigenvalue weighted by Crippen LogP contribution is 2.33. The van der Waals surface area contributed by atoms with Crippen molar-refractivity contribution in [1.29, 1.82) is 0 Å². The van der Waals surface area contributed by atoms with E-state index in [0.717, 1.165) is 28.6 Å². The topological polar surface area (TPSA) is 45.5 Å². The first kappa shape index (κ1) is 20.9. The summed E-state index contributed by atoms with van der Waals surface area (Å²) in [7, 11) is 0. The molecule has 1 fully saturated rings. The van der Waals surface area contributed by atoms with Crippen LogP contribution in [0.5, 0.6) is 5.75 Å². The number of aromatic nitrogens is 2. The first-order chi connectivity index (χ1) is 14.6. The Bertz CT molecular complexity index is 972. The highest BCUT2D eigenvalue weighted by atomic mass is 79.9. The summed E-state index contributed by atoms with van der Waals surface area (Å²) in [5, 5.41) is 0. The van der Waals surface area contributed by atoms with Gasteiger partial charge in [-0.3, -0.25) is 0 Å². The summed E-state index contributed by atoms with van der Waals surface area (Å²) >= 11 is 3.44. The zero-order valence-electron chi connectivity index (χ0n) is 17.0. The maximum absolute atomic E-state index is 6.42. The molecule has 2 aromatic rings. The zero-order valence-corrected chi connectivity index (χ0v) is 18.5. The maximum atomic E-state index is 6.42. The van der Waals surface area contributed by atoms with Gasteiger partial charge in [-0.25, -0.2) is 4.98 Å². The Morgan fingerprint density at radius 3 is 2.97 bits per heavy atom. The number of benzene rings is 1. The van der Waals surface area contributed by atoms with Crippen LogP contribution >= 0.6 is 15.9 Å². The third kappa shape index (κ3) is 5.61. The van der Waals surface area contributed by atoms with E-state index in [9.17, 15) is 0 Å². The fraction of sp³-hybridized carbons (Fsp3) is 0.333. The Morgan fingerprint density at radius 1 is 1.30 bits per heavy atom. The van der Waals surface area contributed by atoms with Crippen molar-refractivity contribution < 1.29 is 14.2 Å². The van der Waals surface area contributed by atoms with Gasteiger partial charge in [0.2, 0.25) is 0 Å². The van der Waals surface area contributed by atoms with Crippen molar-refractivity contribution in [3.05, 3.63) is 88.6 Å². The Balaban J connectivity index is 1.40. The van der Waals surface area contributed by atoms with Gasteiger partial charge in [-0.15, -0.1) is 5.73 Å². The molecule has 0 radical (unpaired) electrons. The van der Waals surface area contributed by atoms with Crippen molar-refractivity contribution >= 4 is 15.9 Å². The lowest BCUT2D eigenvalue weighted by Gasteiger charge is -2.29. The molecule has 1 saturated heterocycles. The number of ether oxygens (including phenoxy) is 3. The van der Waals surface area contributed by atoms with E-state index in [1.54, 1.807) is 12.5 Å². The standard InChI is InChI=1S/C24H25BrN2O3/c1-19-3-2-4-20(6-5-19)11-12-24(17-27-14-13-26-18-27)29-16-23(30-24)15-28-22-9-7-21(25)8-10-22/h2,4-10,13-14,18,23H,11-12,15-17H2,1H3/t23-,24-/m1/s1. The predicted octanol–water partition coefficient (Wildman–Crippen LogP) is 5.21. The molecule has 0 saturated carbocycles. The summed E-state index contributed by atoms with van der Waals surface area (Å²) in [6.45, 7) is 3.58. The van der Waals surface area contributed by atoms with Crippen molar-refractivity contribution in [3.8, 4) is 5.75 Å². The summed E-state index contributed by atoms with van der Waals surface area (Å²) in [5.74, 6) is 0.110. The van der Waals surface area contributed by atoms with E-state index < -0.39 is 5.79 Å². The molecule has 0 amide bonds. The molecule has 0 bridgehead atoms. The van der Waals surface area contributed by atoms with Crippen molar-refractivity contribution in [2.75, 3.05) is 13.2 Å². The number of halogens is 1. The normalized spacial score (nSPS) is 23.2. The fourth-order valence-electron chi connectivity index (χ4n) is 3.49. The summed E-state index contributed by atoms with van der Waals surface area (Å²) in [6, 6.07) is 7.80. The molecule has 30 heavy (non-hydrogen) atoms. The minimum absolute atomic E-state index is 0.125. The molecular weight excluding hydrogens is 444 g/mol. The highest BCUT2D eigenvalue weighted by molar-refractivity contribution is 9.10. The zero-order chi connectivity index (χ0) is 20.8. The summed E-state index contributed by atoms with van der Waals surface area (Å²) in [4.78, 5) is 4.15. The van der Waals surface area contributed by atoms with Crippen LogP contribution in [-0.2, 0) is 16.0 Å². The monoisotopic (exact) mass is 468 g/mol. The van der Waals surface area contributed by atoms with Gasteiger partial charge in [0.1, 0.15) is 18.5 Å². The average Bonchev–Trinajstić information content (AvgIpc) is 3.34. The SMILES string of the molecule is CC1=C=CC=C(CC[C@@]2(Cn3ccnc3)OC[C@@H](COc3ccc(Br)cc3)O2)C=C1. The van der Waals surface area contributed by atoms with Crippen LogP contribution in [-0.4, -0.2) is 34.7 Å². The van der Waals surface area contributed by atoms with Crippen LogP contribution in [0.2, 0.25) is 0 Å². The maximum Gasteiger partial charge on any atom is 0.187 e. The molecule has 2 atom stereocenters. The van der Waals surface area contributed by atoms with Crippen LogP contribution in [0.3, 0.4) is 0 Å². The van der Waals surface area contributed by atoms with E-state index in [-0.39, 0.29) is 6.10 Å². The van der Waals surface area contributed by atoms with E-state index >= 15 is 0 Å². The Hall–Kier alpha value is -2.37. The lowest BCUT2D eigenvalue weighted by Crippen LogP contribution is -2.37. The van der Waals surface area contributed by atoms with Crippen molar-refractivity contribution in [2.24, 2.45) is 0 Å². The van der Waals surface area contributed by atoms with Crippen molar-refractivity contribution in [2.45, 2.75) is 38.2 Å². The highest BCUT2D eigenvalue weighted by Gasteiger charge is 2.42. The predicted molar refractivity (Wildman–Crippen MR) is 119 cm³/mol. The van der Waals surface area contributed by atoms with Crippen LogP contribution in [0.4, 0.5) is 0 Å². The van der Waals surface area contributed by atoms with E-state index in [2.05, 4.69) is 44.9 Å². The number of imidazole rings is 1. The smallest absolute Gasteiger partial charge is 0.187 e. The van der Waals surface area contributed by atoms with Crippen LogP contribution in [0.1, 0.15) is 19.8 Å². The van der Waals surface area contributed by atoms with Gasteiger partial charge in [-0.1, -0.05) is 34.2 Å². The van der Waals surface area contributed by atoms with E-state index in [0.29, 0.717) is 19.8 Å². The van der Waals surface area contributed by atoms with E-state index in [1.165, 1.54) is 5.57 Å². The van der Waals surface area contributed by atoms with Gasteiger partial charge in [0.15, 0.2) is 5.79 Å². The molecule has 0 spiro atoms. The van der Waals surface area contributed by atoms with E-state index in [1.807, 2.05) is 48.0 Å². The van der Waals surface area contributed by atoms with Crippen LogP contribution < -0.4 is 4.74 Å². The molecule has 2 aliphatic rings. The minimum Gasteiger partial charge on any atom is -0.491 e. The fourth-order valence-corrected chi connectivity index (χ4v) is 3.75. The summed E-state index contributed by atoms with van der Waals surface area (Å²) in [5.41, 5.74) is 5.57. The average molecular weight is 469 g/mol. The molecule has 2 heterocycles. The van der Waals surface area contributed by atoms with Crippen LogP contribution in [0.25, 0.3) is 0 Å². The molecule has 1 aliphatic carbocycles. The first-order valence-corrected chi connectivity index (χ1v) is 10.9. The molecule has 0 N–H and O–H groups in total. The molecule has 5 nitrogen and oxygen atoms in total. The number of hydrogen-bond acceptors (Lipinski definition) is 4. The second-order valence-corrected chi connectivity index (χ2v) is 8.45. The molecule has 1 aromatic carbocycles. The van der Waals surface area contributed by atoms with Crippen LogP contribution in [0, 0.1) is 0 Å². The second-order valence-electron chi connectivity index (χ2n) is 7.53. The Morgan fingerprint density at radius 2 is 2.17 bits per heavy atom. The lowest BCUT2D eigenvalue weighted by molar-refractivity contribution is -0.184. The van der Waals surface area contributed by atoms with Crippen LogP contribution in [0.15, 0.2) is 88.6 Å². The van der Waals surface area contributed by atoms with Gasteiger partial charge >= 0.3 is 0 Å². The molecule has 6 heteroatoms. The molecule has 0 unspecified atom stereocenters. The molecule has 1 aromatic heterocycles. The quantitative estimate of drug-likeness (QED) is 0.498. The number of rotatable bonds is 8.